The molecule has 4 heteroatoms. The summed E-state index contributed by atoms with van der Waals surface area (Å²) in [6.45, 7) is 8.04. The molecule has 0 bridgehead atoms. The molecular weight excluding hydrogens is 200 g/mol. The number of nitrogens with zero attached hydrogens (tertiary/aromatic N) is 2. The molecule has 0 aromatic carbocycles. The zero-order valence-electron chi connectivity index (χ0n) is 11.1. The number of nitrogens with one attached hydrogen (secondary N) is 2. The highest BCUT2D eigenvalue weighted by Gasteiger charge is 2.24. The molecule has 94 valence electrons. The molecule has 16 heavy (non-hydrogen) atoms. The summed E-state index contributed by atoms with van der Waals surface area (Å²) in [5.74, 6) is 1.64. The Morgan fingerprint density at radius 2 is 2.25 bits per heavy atom. The normalized spacial score (nSPS) is 22.8. The average molecular weight is 226 g/mol. The lowest BCUT2D eigenvalue weighted by atomic mass is 10.1. The van der Waals surface area contributed by atoms with Crippen molar-refractivity contribution in [3.05, 3.63) is 0 Å². The fraction of sp³-hybridized carbons (Fsp3) is 0.917. The van der Waals surface area contributed by atoms with Crippen LogP contribution in [0.25, 0.3) is 0 Å². The van der Waals surface area contributed by atoms with Crippen LogP contribution < -0.4 is 10.6 Å². The Morgan fingerprint density at radius 1 is 1.50 bits per heavy atom. The lowest BCUT2D eigenvalue weighted by Gasteiger charge is -2.26. The van der Waals surface area contributed by atoms with Gasteiger partial charge in [0.05, 0.1) is 0 Å². The lowest BCUT2D eigenvalue weighted by Crippen LogP contribution is -2.44. The van der Waals surface area contributed by atoms with Crippen molar-refractivity contribution < 1.29 is 0 Å². The van der Waals surface area contributed by atoms with Crippen molar-refractivity contribution in [2.24, 2.45) is 10.9 Å². The van der Waals surface area contributed by atoms with Gasteiger partial charge in [-0.05, 0) is 25.3 Å². The van der Waals surface area contributed by atoms with Gasteiger partial charge in [0.1, 0.15) is 0 Å². The Kier molecular flexibility index (Phi) is 5.60. The molecule has 0 unspecified atom stereocenters. The van der Waals surface area contributed by atoms with E-state index >= 15 is 0 Å². The summed E-state index contributed by atoms with van der Waals surface area (Å²) in [5.41, 5.74) is 0. The Hall–Kier alpha value is -0.770. The van der Waals surface area contributed by atoms with Crippen molar-refractivity contribution in [2.45, 2.75) is 32.7 Å². The number of hydrogen-bond acceptors (Lipinski definition) is 2. The van der Waals surface area contributed by atoms with Gasteiger partial charge in [0.2, 0.25) is 0 Å². The number of guanidine groups is 1. The number of hydrogen-bond donors (Lipinski definition) is 2. The minimum absolute atomic E-state index is 0.674. The van der Waals surface area contributed by atoms with Gasteiger partial charge in [-0.2, -0.15) is 0 Å². The number of rotatable bonds is 4. The van der Waals surface area contributed by atoms with E-state index in [1.54, 1.807) is 7.05 Å². The van der Waals surface area contributed by atoms with Crippen LogP contribution in [0.2, 0.25) is 0 Å². The van der Waals surface area contributed by atoms with E-state index in [0.717, 1.165) is 18.4 Å². The minimum Gasteiger partial charge on any atom is -0.359 e. The van der Waals surface area contributed by atoms with Gasteiger partial charge in [-0.3, -0.25) is 9.89 Å². The lowest BCUT2D eigenvalue weighted by molar-refractivity contribution is 0.226. The monoisotopic (exact) mass is 226 g/mol. The number of likely N-dealkylation sites (tertiary alicyclic amines) is 1. The molecule has 0 aliphatic carbocycles. The SMILES string of the molecule is CN=C(NC)NC[C@H]1CCCN1CC(C)C. The summed E-state index contributed by atoms with van der Waals surface area (Å²) in [4.78, 5) is 6.73. The summed E-state index contributed by atoms with van der Waals surface area (Å²) in [6, 6.07) is 0.674. The van der Waals surface area contributed by atoms with Crippen LogP contribution >= 0.6 is 0 Å². The first-order chi connectivity index (χ1) is 7.67. The fourth-order valence-corrected chi connectivity index (χ4v) is 2.33. The molecule has 1 atom stereocenters. The van der Waals surface area contributed by atoms with Gasteiger partial charge >= 0.3 is 0 Å². The molecule has 4 nitrogen and oxygen atoms in total. The molecule has 0 spiro atoms. The highest BCUT2D eigenvalue weighted by Crippen LogP contribution is 2.17. The van der Waals surface area contributed by atoms with Crippen LogP contribution in [-0.4, -0.2) is 50.6 Å². The van der Waals surface area contributed by atoms with E-state index in [1.165, 1.54) is 25.9 Å². The predicted octanol–water partition coefficient (Wildman–Crippen LogP) is 0.902. The van der Waals surface area contributed by atoms with Crippen LogP contribution in [-0.2, 0) is 0 Å². The Balaban J connectivity index is 2.35. The van der Waals surface area contributed by atoms with Crippen LogP contribution in [0.3, 0.4) is 0 Å². The van der Waals surface area contributed by atoms with Gasteiger partial charge in [-0.15, -0.1) is 0 Å². The second-order valence-electron chi connectivity index (χ2n) is 4.89. The second-order valence-corrected chi connectivity index (χ2v) is 4.89. The molecule has 0 radical (unpaired) electrons. The zero-order chi connectivity index (χ0) is 12.0. The van der Waals surface area contributed by atoms with E-state index in [2.05, 4.69) is 34.4 Å². The highest BCUT2D eigenvalue weighted by molar-refractivity contribution is 5.79. The maximum atomic E-state index is 4.13. The first kappa shape index (κ1) is 13.3. The summed E-state index contributed by atoms with van der Waals surface area (Å²) in [6.07, 6.45) is 2.64. The van der Waals surface area contributed by atoms with E-state index < -0.39 is 0 Å². The van der Waals surface area contributed by atoms with Crippen molar-refractivity contribution in [3.8, 4) is 0 Å². The van der Waals surface area contributed by atoms with Crippen molar-refractivity contribution in [1.29, 1.82) is 0 Å². The quantitative estimate of drug-likeness (QED) is 0.553. The highest BCUT2D eigenvalue weighted by atomic mass is 15.2. The van der Waals surface area contributed by atoms with Crippen molar-refractivity contribution in [3.63, 3.8) is 0 Å². The van der Waals surface area contributed by atoms with Crippen LogP contribution in [0, 0.1) is 5.92 Å². The van der Waals surface area contributed by atoms with Crippen LogP contribution in [0.5, 0.6) is 0 Å². The minimum atomic E-state index is 0.674. The molecule has 1 heterocycles. The van der Waals surface area contributed by atoms with Crippen LogP contribution in [0.15, 0.2) is 4.99 Å². The van der Waals surface area contributed by atoms with E-state index in [0.29, 0.717) is 6.04 Å². The van der Waals surface area contributed by atoms with E-state index in [4.69, 9.17) is 0 Å². The topological polar surface area (TPSA) is 39.7 Å². The molecule has 0 saturated carbocycles. The second kappa shape index (κ2) is 6.74. The van der Waals surface area contributed by atoms with E-state index in [-0.39, 0.29) is 0 Å². The van der Waals surface area contributed by atoms with Gasteiger partial charge < -0.3 is 10.6 Å². The average Bonchev–Trinajstić information content (AvgIpc) is 2.66. The maximum Gasteiger partial charge on any atom is 0.190 e. The Labute approximate surface area is 99.5 Å². The van der Waals surface area contributed by atoms with Gasteiger partial charge in [-0.1, -0.05) is 13.8 Å². The first-order valence-electron chi connectivity index (χ1n) is 6.29. The Morgan fingerprint density at radius 3 is 2.81 bits per heavy atom. The summed E-state index contributed by atoms with van der Waals surface area (Å²) in [5, 5.41) is 6.41. The molecule has 2 N–H and O–H groups in total. The molecule has 1 saturated heterocycles. The molecule has 0 amide bonds. The molecule has 1 rings (SSSR count). The van der Waals surface area contributed by atoms with E-state index in [1.807, 2.05) is 7.05 Å². The molecular formula is C12H26N4. The van der Waals surface area contributed by atoms with Gasteiger partial charge in [0, 0.05) is 33.2 Å². The Bertz CT molecular complexity index is 225. The zero-order valence-corrected chi connectivity index (χ0v) is 11.1. The first-order valence-corrected chi connectivity index (χ1v) is 6.29. The summed E-state index contributed by atoms with van der Waals surface area (Å²) < 4.78 is 0. The largest absolute Gasteiger partial charge is 0.359 e. The third kappa shape index (κ3) is 4.00. The van der Waals surface area contributed by atoms with Crippen molar-refractivity contribution in [2.75, 3.05) is 33.7 Å². The molecule has 0 aromatic heterocycles. The summed E-state index contributed by atoms with van der Waals surface area (Å²) >= 11 is 0. The number of aliphatic imine (C=N–C) groups is 1. The standard InChI is InChI=1S/C12H26N4/c1-10(2)9-16-7-5-6-11(16)8-15-12(13-3)14-4/h10-11H,5-9H2,1-4H3,(H2,13,14,15)/t11-/m1/s1. The fourth-order valence-electron chi connectivity index (χ4n) is 2.33. The predicted molar refractivity (Wildman–Crippen MR) is 69.9 cm³/mol. The smallest absolute Gasteiger partial charge is 0.190 e. The third-order valence-electron chi connectivity index (χ3n) is 3.06. The van der Waals surface area contributed by atoms with Crippen molar-refractivity contribution >= 4 is 5.96 Å². The van der Waals surface area contributed by atoms with Crippen molar-refractivity contribution in [1.82, 2.24) is 15.5 Å². The van der Waals surface area contributed by atoms with Crippen LogP contribution in [0.4, 0.5) is 0 Å². The van der Waals surface area contributed by atoms with Gasteiger partial charge in [0.25, 0.3) is 0 Å². The van der Waals surface area contributed by atoms with Gasteiger partial charge in [0.15, 0.2) is 5.96 Å². The molecule has 0 aromatic rings. The van der Waals surface area contributed by atoms with E-state index in [9.17, 15) is 0 Å². The molecule has 1 aliphatic heterocycles. The molecule has 1 aliphatic rings. The summed E-state index contributed by atoms with van der Waals surface area (Å²) in [7, 11) is 3.70. The maximum absolute atomic E-state index is 4.13. The van der Waals surface area contributed by atoms with Crippen LogP contribution in [0.1, 0.15) is 26.7 Å². The van der Waals surface area contributed by atoms with Gasteiger partial charge in [-0.25, -0.2) is 0 Å². The molecule has 1 fully saturated rings. The third-order valence-corrected chi connectivity index (χ3v) is 3.06.